The molecule has 2 aromatic heterocycles. The summed E-state index contributed by atoms with van der Waals surface area (Å²) < 4.78 is 12.4. The van der Waals surface area contributed by atoms with Crippen LogP contribution >= 0.6 is 0 Å². The molecular weight excluding hydrogens is 434 g/mol. The summed E-state index contributed by atoms with van der Waals surface area (Å²) in [5, 5.41) is 11.8. The maximum absolute atomic E-state index is 11.5. The summed E-state index contributed by atoms with van der Waals surface area (Å²) in [6.45, 7) is 1.96. The Hall–Kier alpha value is -3.40. The van der Waals surface area contributed by atoms with Crippen molar-refractivity contribution >= 4 is 28.8 Å². The van der Waals surface area contributed by atoms with Crippen LogP contribution < -0.4 is 15.4 Å². The van der Waals surface area contributed by atoms with Gasteiger partial charge in [0, 0.05) is 25.3 Å². The van der Waals surface area contributed by atoms with E-state index in [4.69, 9.17) is 14.5 Å². The number of hydrogen-bond donors (Lipinski definition) is 2. The third-order valence-corrected chi connectivity index (χ3v) is 6.86. The van der Waals surface area contributed by atoms with Crippen LogP contribution in [0.1, 0.15) is 42.9 Å². The van der Waals surface area contributed by atoms with E-state index in [1.54, 1.807) is 13.3 Å². The van der Waals surface area contributed by atoms with Crippen LogP contribution in [-0.4, -0.2) is 64.6 Å². The maximum Gasteiger partial charge on any atom is 0.407 e. The summed E-state index contributed by atoms with van der Waals surface area (Å²) >= 11 is 0. The van der Waals surface area contributed by atoms with Gasteiger partial charge in [0.15, 0.2) is 5.65 Å². The Kier molecular flexibility index (Phi) is 6.23. The van der Waals surface area contributed by atoms with Crippen molar-refractivity contribution in [2.45, 2.75) is 50.7 Å². The molecule has 180 valence electrons. The summed E-state index contributed by atoms with van der Waals surface area (Å²) in [6.07, 6.45) is 7.82. The van der Waals surface area contributed by atoms with E-state index in [2.05, 4.69) is 44.8 Å². The number of ether oxygens (including phenoxy) is 2. The number of carbonyl (C=O) groups excluding carboxylic acids is 1. The van der Waals surface area contributed by atoms with Crippen molar-refractivity contribution in [2.75, 3.05) is 33.1 Å². The van der Waals surface area contributed by atoms with Gasteiger partial charge in [-0.3, -0.25) is 0 Å². The first-order chi connectivity index (χ1) is 16.5. The van der Waals surface area contributed by atoms with Gasteiger partial charge in [-0.05, 0) is 62.4 Å². The molecule has 0 saturated heterocycles. The Labute approximate surface area is 198 Å². The molecule has 10 heteroatoms. The lowest BCUT2D eigenvalue weighted by Gasteiger charge is -2.29. The number of hydrogen-bond acceptors (Lipinski definition) is 8. The van der Waals surface area contributed by atoms with E-state index in [9.17, 15) is 4.79 Å². The lowest BCUT2D eigenvalue weighted by Crippen LogP contribution is -2.38. The topological polar surface area (TPSA) is 106 Å². The summed E-state index contributed by atoms with van der Waals surface area (Å²) in [4.78, 5) is 23.1. The number of benzene rings is 1. The van der Waals surface area contributed by atoms with Gasteiger partial charge in [-0.1, -0.05) is 0 Å². The molecule has 34 heavy (non-hydrogen) atoms. The van der Waals surface area contributed by atoms with Gasteiger partial charge >= 0.3 is 6.09 Å². The molecular formula is C24H31N7O3. The number of methoxy groups -OCH3 is 2. The van der Waals surface area contributed by atoms with E-state index >= 15 is 0 Å². The second-order valence-corrected chi connectivity index (χ2v) is 9.14. The quantitative estimate of drug-likeness (QED) is 0.591. The monoisotopic (exact) mass is 465 g/mol. The Morgan fingerprint density at radius 2 is 1.94 bits per heavy atom. The van der Waals surface area contributed by atoms with Crippen LogP contribution in [0.4, 0.5) is 16.4 Å². The molecule has 3 heterocycles. The molecule has 5 rings (SSSR count). The lowest BCUT2D eigenvalue weighted by atomic mass is 9.91. The van der Waals surface area contributed by atoms with Crippen LogP contribution in [0.2, 0.25) is 0 Å². The summed E-state index contributed by atoms with van der Waals surface area (Å²) in [7, 11) is 5.21. The van der Waals surface area contributed by atoms with E-state index in [1.807, 2.05) is 10.9 Å². The Morgan fingerprint density at radius 1 is 1.12 bits per heavy atom. The number of fused-ring (bicyclic) bond motifs is 2. The average molecular weight is 466 g/mol. The highest BCUT2D eigenvalue weighted by molar-refractivity contribution is 5.76. The Morgan fingerprint density at radius 3 is 2.71 bits per heavy atom. The number of aromatic nitrogens is 4. The number of rotatable bonds is 5. The maximum atomic E-state index is 11.5. The first-order valence-corrected chi connectivity index (χ1v) is 11.7. The van der Waals surface area contributed by atoms with Gasteiger partial charge in [-0.15, -0.1) is 0 Å². The molecule has 1 amide bonds. The van der Waals surface area contributed by atoms with Gasteiger partial charge in [-0.2, -0.15) is 10.1 Å². The minimum Gasteiger partial charge on any atom is -0.495 e. The second-order valence-electron chi connectivity index (χ2n) is 9.14. The zero-order valence-electron chi connectivity index (χ0n) is 19.9. The summed E-state index contributed by atoms with van der Waals surface area (Å²) in [6, 6.07) is 4.62. The molecule has 3 aromatic rings. The number of alkyl carbamates (subject to hydrolysis) is 1. The van der Waals surface area contributed by atoms with Crippen molar-refractivity contribution in [3.8, 4) is 5.75 Å². The van der Waals surface area contributed by atoms with Crippen LogP contribution in [-0.2, 0) is 17.7 Å². The largest absolute Gasteiger partial charge is 0.495 e. The number of nitrogens with one attached hydrogen (secondary N) is 2. The van der Waals surface area contributed by atoms with Crippen LogP contribution in [0.25, 0.3) is 11.0 Å². The number of anilines is 2. The summed E-state index contributed by atoms with van der Waals surface area (Å²) in [5.74, 6) is 1.30. The minimum atomic E-state index is -0.374. The van der Waals surface area contributed by atoms with Gasteiger partial charge in [0.05, 0.1) is 37.5 Å². The standard InChI is InChI=1S/C24H31N7O3/c1-30-9-8-15-11-21(33-2)20(10-16(15)14-30)28-23-25-12-17-13-26-31(22(17)29-23)19-6-4-18(5-7-19)27-24(32)34-3/h10-13,18-19H,4-9,14H2,1-3H3,(H,27,32)(H,25,28,29). The number of amides is 1. The fraction of sp³-hybridized carbons (Fsp3) is 0.500. The molecule has 2 N–H and O–H groups in total. The molecule has 0 atom stereocenters. The number of carbonyl (C=O) groups is 1. The zero-order chi connectivity index (χ0) is 23.7. The molecule has 0 bridgehead atoms. The third-order valence-electron chi connectivity index (χ3n) is 6.86. The fourth-order valence-corrected chi connectivity index (χ4v) is 4.97. The van der Waals surface area contributed by atoms with Crippen LogP contribution in [0.3, 0.4) is 0 Å². The highest BCUT2D eigenvalue weighted by Crippen LogP contribution is 2.34. The minimum absolute atomic E-state index is 0.132. The number of nitrogens with zero attached hydrogens (tertiary/aromatic N) is 5. The van der Waals surface area contributed by atoms with E-state index < -0.39 is 0 Å². The van der Waals surface area contributed by atoms with Crippen molar-refractivity contribution in [2.24, 2.45) is 0 Å². The smallest absolute Gasteiger partial charge is 0.407 e. The molecule has 0 radical (unpaired) electrons. The summed E-state index contributed by atoms with van der Waals surface area (Å²) in [5.41, 5.74) is 4.28. The van der Waals surface area contributed by atoms with Crippen LogP contribution in [0.5, 0.6) is 5.75 Å². The zero-order valence-corrected chi connectivity index (χ0v) is 19.9. The average Bonchev–Trinajstić information content (AvgIpc) is 3.27. The van der Waals surface area contributed by atoms with E-state index in [-0.39, 0.29) is 18.2 Å². The number of likely N-dealkylation sites (N-methyl/N-ethyl adjacent to an activating group) is 1. The lowest BCUT2D eigenvalue weighted by molar-refractivity contribution is 0.160. The van der Waals surface area contributed by atoms with E-state index in [1.165, 1.54) is 18.2 Å². The first-order valence-electron chi connectivity index (χ1n) is 11.7. The van der Waals surface area contributed by atoms with Gasteiger partial charge in [0.2, 0.25) is 5.95 Å². The van der Waals surface area contributed by atoms with Crippen molar-refractivity contribution in [1.29, 1.82) is 0 Å². The molecule has 1 saturated carbocycles. The molecule has 2 aliphatic rings. The second kappa shape index (κ2) is 9.46. The van der Waals surface area contributed by atoms with Gasteiger partial charge in [-0.25, -0.2) is 14.5 Å². The third kappa shape index (κ3) is 4.50. The SMILES string of the molecule is COC(=O)NC1CCC(n2ncc3cnc(Nc4cc5c(cc4OC)CCN(C)C5)nc32)CC1. The van der Waals surface area contributed by atoms with E-state index in [0.717, 1.165) is 67.7 Å². The Bertz CT molecular complexity index is 1190. The predicted molar refractivity (Wildman–Crippen MR) is 128 cm³/mol. The van der Waals surface area contributed by atoms with Crippen molar-refractivity contribution in [3.63, 3.8) is 0 Å². The Balaban J connectivity index is 1.36. The highest BCUT2D eigenvalue weighted by Gasteiger charge is 2.26. The van der Waals surface area contributed by atoms with E-state index in [0.29, 0.717) is 5.95 Å². The molecule has 1 aliphatic heterocycles. The van der Waals surface area contributed by atoms with Gasteiger partial charge in [0.1, 0.15) is 5.75 Å². The fourth-order valence-electron chi connectivity index (χ4n) is 4.97. The van der Waals surface area contributed by atoms with Gasteiger partial charge < -0.3 is 25.0 Å². The normalized spacial score (nSPS) is 20.6. The molecule has 1 aliphatic carbocycles. The molecule has 1 fully saturated rings. The molecule has 1 aromatic carbocycles. The van der Waals surface area contributed by atoms with Crippen molar-refractivity contribution in [3.05, 3.63) is 35.7 Å². The highest BCUT2D eigenvalue weighted by atomic mass is 16.5. The van der Waals surface area contributed by atoms with Gasteiger partial charge in [0.25, 0.3) is 0 Å². The van der Waals surface area contributed by atoms with Crippen molar-refractivity contribution < 1.29 is 14.3 Å². The molecule has 0 unspecified atom stereocenters. The molecule has 0 spiro atoms. The first kappa shape index (κ1) is 22.4. The van der Waals surface area contributed by atoms with Crippen molar-refractivity contribution in [1.82, 2.24) is 30.0 Å². The predicted octanol–water partition coefficient (Wildman–Crippen LogP) is 3.41. The van der Waals surface area contributed by atoms with Crippen LogP contribution in [0, 0.1) is 0 Å². The molecule has 10 nitrogen and oxygen atoms in total. The van der Waals surface area contributed by atoms with Crippen LogP contribution in [0.15, 0.2) is 24.5 Å².